The maximum Gasteiger partial charge on any atom is 0.242 e. The van der Waals surface area contributed by atoms with Crippen LogP contribution in [0.2, 0.25) is 10.0 Å². The van der Waals surface area contributed by atoms with Crippen LogP contribution in [0.1, 0.15) is 31.4 Å². The van der Waals surface area contributed by atoms with E-state index in [-0.39, 0.29) is 30.3 Å². The number of halogens is 2. The van der Waals surface area contributed by atoms with Gasteiger partial charge in [-0.15, -0.1) is 10.2 Å². The van der Waals surface area contributed by atoms with E-state index in [1.54, 1.807) is 17.0 Å². The molecule has 5 rings (SSSR count). The third-order valence-corrected chi connectivity index (χ3v) is 7.63. The molecule has 1 saturated heterocycles. The minimum Gasteiger partial charge on any atom is -0.352 e. The van der Waals surface area contributed by atoms with Gasteiger partial charge in [-0.3, -0.25) is 9.59 Å². The number of nitrogens with zero attached hydrogens (tertiary/aromatic N) is 5. The molecule has 1 atom stereocenters. The Morgan fingerprint density at radius 2 is 1.70 bits per heavy atom. The number of rotatable bonds is 7. The zero-order valence-electron chi connectivity index (χ0n) is 20.7. The Hall–Kier alpha value is -3.16. The second-order valence-electron chi connectivity index (χ2n) is 9.60. The van der Waals surface area contributed by atoms with Gasteiger partial charge in [0.05, 0.1) is 16.8 Å². The Morgan fingerprint density at radius 1 is 0.973 bits per heavy atom. The second-order valence-corrected chi connectivity index (χ2v) is 10.4. The molecule has 2 heterocycles. The van der Waals surface area contributed by atoms with Crippen LogP contribution in [0.25, 0.3) is 11.3 Å². The summed E-state index contributed by atoms with van der Waals surface area (Å²) in [6.07, 6.45) is 1.82. The van der Waals surface area contributed by atoms with Gasteiger partial charge in [-0.1, -0.05) is 53.5 Å². The van der Waals surface area contributed by atoms with Gasteiger partial charge in [0, 0.05) is 42.7 Å². The zero-order chi connectivity index (χ0) is 25.9. The van der Waals surface area contributed by atoms with Crippen molar-refractivity contribution in [1.82, 2.24) is 20.0 Å². The molecule has 0 spiro atoms. The summed E-state index contributed by atoms with van der Waals surface area (Å²) in [5.74, 6) is 0.874. The number of hydrogen-bond acceptors (Lipinski definition) is 5. The van der Waals surface area contributed by atoms with Gasteiger partial charge in [-0.05, 0) is 55.7 Å². The third kappa shape index (κ3) is 5.89. The van der Waals surface area contributed by atoms with E-state index in [0.29, 0.717) is 41.9 Å². The first-order valence-electron chi connectivity index (χ1n) is 12.6. The summed E-state index contributed by atoms with van der Waals surface area (Å²) in [5, 5.41) is 9.84. The highest BCUT2D eigenvalue weighted by Gasteiger charge is 2.37. The van der Waals surface area contributed by atoms with Crippen LogP contribution in [0.4, 0.5) is 5.82 Å². The minimum atomic E-state index is -0.150. The largest absolute Gasteiger partial charge is 0.352 e. The molecule has 37 heavy (non-hydrogen) atoms. The molecule has 192 valence electrons. The van der Waals surface area contributed by atoms with Crippen LogP contribution >= 0.6 is 23.2 Å². The van der Waals surface area contributed by atoms with E-state index in [4.69, 9.17) is 23.2 Å². The van der Waals surface area contributed by atoms with Crippen molar-refractivity contribution in [3.8, 4) is 11.3 Å². The Balaban J connectivity index is 1.20. The van der Waals surface area contributed by atoms with E-state index in [9.17, 15) is 9.59 Å². The Labute approximate surface area is 227 Å². The lowest BCUT2D eigenvalue weighted by atomic mass is 10.1. The van der Waals surface area contributed by atoms with E-state index in [1.165, 1.54) is 0 Å². The van der Waals surface area contributed by atoms with Crippen molar-refractivity contribution < 1.29 is 9.59 Å². The van der Waals surface area contributed by atoms with Crippen molar-refractivity contribution in [1.29, 1.82) is 0 Å². The first-order chi connectivity index (χ1) is 17.9. The molecular weight excluding hydrogens is 509 g/mol. The molecule has 2 aromatic carbocycles. The lowest BCUT2D eigenvalue weighted by molar-refractivity contribution is -0.143. The molecule has 0 N–H and O–H groups in total. The molecule has 1 aliphatic carbocycles. The van der Waals surface area contributed by atoms with Gasteiger partial charge in [-0.25, -0.2) is 0 Å². The van der Waals surface area contributed by atoms with E-state index < -0.39 is 0 Å². The van der Waals surface area contributed by atoms with E-state index >= 15 is 0 Å². The zero-order valence-corrected chi connectivity index (χ0v) is 22.2. The van der Waals surface area contributed by atoms with Gasteiger partial charge in [0.2, 0.25) is 11.8 Å². The number of hydrogen-bond donors (Lipinski definition) is 0. The molecule has 2 aliphatic rings. The highest BCUT2D eigenvalue weighted by molar-refractivity contribution is 6.36. The first-order valence-corrected chi connectivity index (χ1v) is 13.3. The maximum absolute atomic E-state index is 13.3. The van der Waals surface area contributed by atoms with E-state index in [2.05, 4.69) is 15.1 Å². The van der Waals surface area contributed by atoms with Crippen LogP contribution in [0.3, 0.4) is 0 Å². The van der Waals surface area contributed by atoms with Crippen LogP contribution < -0.4 is 4.90 Å². The molecule has 2 fully saturated rings. The summed E-state index contributed by atoms with van der Waals surface area (Å²) >= 11 is 12.3. The summed E-state index contributed by atoms with van der Waals surface area (Å²) in [5.41, 5.74) is 2.48. The lowest BCUT2D eigenvalue weighted by Gasteiger charge is -2.37. The van der Waals surface area contributed by atoms with Crippen LogP contribution in [-0.2, 0) is 9.59 Å². The number of carbonyl (C=O) groups is 2. The van der Waals surface area contributed by atoms with Crippen LogP contribution in [0, 0.1) is 5.92 Å². The molecule has 0 bridgehead atoms. The monoisotopic (exact) mass is 537 g/mol. The topological polar surface area (TPSA) is 69.6 Å². The summed E-state index contributed by atoms with van der Waals surface area (Å²) < 4.78 is 0. The summed E-state index contributed by atoms with van der Waals surface area (Å²) in [6.45, 7) is 4.52. The normalized spacial score (nSPS) is 16.4. The van der Waals surface area contributed by atoms with Crippen molar-refractivity contribution in [2.75, 3.05) is 37.6 Å². The number of aromatic nitrogens is 2. The average molecular weight is 538 g/mol. The molecule has 1 aromatic heterocycles. The number of carbonyl (C=O) groups excluding carboxylic acids is 2. The number of amides is 2. The fourth-order valence-electron chi connectivity index (χ4n) is 4.65. The molecule has 9 heteroatoms. The molecule has 1 saturated carbocycles. The molecular formula is C28H29Cl2N5O2. The average Bonchev–Trinajstić information content (AvgIpc) is 3.77. The van der Waals surface area contributed by atoms with Crippen molar-refractivity contribution in [2.24, 2.45) is 5.92 Å². The fraction of sp³-hybridized carbons (Fsp3) is 0.357. The van der Waals surface area contributed by atoms with Gasteiger partial charge in [-0.2, -0.15) is 0 Å². The van der Waals surface area contributed by atoms with Crippen molar-refractivity contribution in [3.05, 3.63) is 76.3 Å². The van der Waals surface area contributed by atoms with Gasteiger partial charge >= 0.3 is 0 Å². The quantitative estimate of drug-likeness (QED) is 0.419. The molecule has 0 radical (unpaired) electrons. The maximum atomic E-state index is 13.3. The highest BCUT2D eigenvalue weighted by atomic mass is 35.5. The lowest BCUT2D eigenvalue weighted by Crippen LogP contribution is -2.52. The van der Waals surface area contributed by atoms with Crippen LogP contribution in [0.5, 0.6) is 0 Å². The number of piperazine rings is 1. The fourth-order valence-corrected chi connectivity index (χ4v) is 5.15. The third-order valence-electron chi connectivity index (χ3n) is 7.08. The highest BCUT2D eigenvalue weighted by Crippen LogP contribution is 2.34. The number of anilines is 1. The molecule has 0 unspecified atom stereocenters. The predicted octanol–water partition coefficient (Wildman–Crippen LogP) is 5.10. The predicted molar refractivity (Wildman–Crippen MR) is 146 cm³/mol. The van der Waals surface area contributed by atoms with Gasteiger partial charge in [0.25, 0.3) is 0 Å². The van der Waals surface area contributed by atoms with Crippen molar-refractivity contribution in [2.45, 2.75) is 25.8 Å². The Kier molecular flexibility index (Phi) is 7.63. The van der Waals surface area contributed by atoms with Crippen LogP contribution in [0.15, 0.2) is 60.7 Å². The first kappa shape index (κ1) is 25.5. The van der Waals surface area contributed by atoms with E-state index in [0.717, 1.165) is 29.8 Å². The number of benzene rings is 2. The summed E-state index contributed by atoms with van der Waals surface area (Å²) in [4.78, 5) is 32.0. The molecule has 1 aliphatic heterocycles. The van der Waals surface area contributed by atoms with Gasteiger partial charge in [0.15, 0.2) is 5.82 Å². The minimum absolute atomic E-state index is 0.0183. The Morgan fingerprint density at radius 3 is 2.32 bits per heavy atom. The SMILES string of the molecule is C[C@@H](c1ccccc1)N(CC(=O)N1CCN(c2ccc(-c3ccc(Cl)cc3Cl)nn2)CC1)C(=O)C1CC1. The standard InChI is InChI=1S/C28H29Cl2N5O2/c1-19(20-5-3-2-4-6-20)35(28(37)21-7-8-21)18-27(36)34-15-13-33(14-16-34)26-12-11-25(31-32-26)23-10-9-22(29)17-24(23)30/h2-6,9-12,17,19,21H,7-8,13-16,18H2,1H3/t19-/m0/s1. The van der Waals surface area contributed by atoms with Crippen molar-refractivity contribution >= 4 is 40.8 Å². The second kappa shape index (κ2) is 11.1. The van der Waals surface area contributed by atoms with Gasteiger partial charge in [0.1, 0.15) is 6.54 Å². The van der Waals surface area contributed by atoms with E-state index in [1.807, 2.05) is 60.4 Å². The molecule has 7 nitrogen and oxygen atoms in total. The Bertz CT molecular complexity index is 1260. The van der Waals surface area contributed by atoms with Gasteiger partial charge < -0.3 is 14.7 Å². The molecule has 2 amide bonds. The van der Waals surface area contributed by atoms with Crippen molar-refractivity contribution in [3.63, 3.8) is 0 Å². The molecule has 3 aromatic rings. The summed E-state index contributed by atoms with van der Waals surface area (Å²) in [6, 6.07) is 18.8. The smallest absolute Gasteiger partial charge is 0.242 e. The summed E-state index contributed by atoms with van der Waals surface area (Å²) in [7, 11) is 0. The van der Waals surface area contributed by atoms with Crippen LogP contribution in [-0.4, -0.2) is 64.5 Å².